The maximum Gasteiger partial charge on any atom is 0.160 e. The van der Waals surface area contributed by atoms with Crippen LogP contribution >= 0.6 is 0 Å². The first-order valence-corrected chi connectivity index (χ1v) is 9.01. The number of hydrogen-bond acceptors (Lipinski definition) is 4. The van der Waals surface area contributed by atoms with Crippen molar-refractivity contribution in [2.24, 2.45) is 0 Å². The highest BCUT2D eigenvalue weighted by atomic mass is 15.2. The summed E-state index contributed by atoms with van der Waals surface area (Å²) >= 11 is 0. The van der Waals surface area contributed by atoms with Crippen LogP contribution in [0.3, 0.4) is 0 Å². The first kappa shape index (κ1) is 15.1. The lowest BCUT2D eigenvalue weighted by molar-refractivity contribution is 0.163. The van der Waals surface area contributed by atoms with Crippen molar-refractivity contribution < 1.29 is 0 Å². The maximum atomic E-state index is 5.02. The Hall–Kier alpha value is -1.46. The van der Waals surface area contributed by atoms with Crippen LogP contribution in [0.5, 0.6) is 0 Å². The molecule has 2 aliphatic rings. The van der Waals surface area contributed by atoms with E-state index < -0.39 is 0 Å². The van der Waals surface area contributed by atoms with Gasteiger partial charge in [-0.2, -0.15) is 0 Å². The Labute approximate surface area is 138 Å². The van der Waals surface area contributed by atoms with E-state index in [-0.39, 0.29) is 0 Å². The molecule has 2 saturated heterocycles. The van der Waals surface area contributed by atoms with Crippen LogP contribution < -0.4 is 5.32 Å². The lowest BCUT2D eigenvalue weighted by Gasteiger charge is -2.35. The molecule has 2 unspecified atom stereocenters. The number of rotatable bonds is 3. The van der Waals surface area contributed by atoms with Gasteiger partial charge in [0.1, 0.15) is 11.3 Å². The monoisotopic (exact) mass is 313 g/mol. The number of piperidine rings is 1. The Morgan fingerprint density at radius 1 is 1.30 bits per heavy atom. The molecule has 1 N–H and O–H groups in total. The lowest BCUT2D eigenvalue weighted by atomic mass is 9.96. The Bertz CT molecular complexity index is 671. The van der Waals surface area contributed by atoms with Crippen molar-refractivity contribution in [3.05, 3.63) is 24.2 Å². The molecule has 2 aromatic heterocycles. The fraction of sp³-hybridized carbons (Fsp3) is 0.667. The Morgan fingerprint density at radius 3 is 3.00 bits per heavy atom. The smallest absolute Gasteiger partial charge is 0.160 e. The van der Waals surface area contributed by atoms with Gasteiger partial charge >= 0.3 is 0 Å². The molecule has 2 aromatic rings. The highest BCUT2D eigenvalue weighted by molar-refractivity contribution is 5.71. The molecule has 2 atom stereocenters. The van der Waals surface area contributed by atoms with Gasteiger partial charge in [-0.15, -0.1) is 0 Å². The van der Waals surface area contributed by atoms with Gasteiger partial charge in [0.25, 0.3) is 0 Å². The summed E-state index contributed by atoms with van der Waals surface area (Å²) in [4.78, 5) is 12.3. The number of nitrogens with zero attached hydrogens (tertiary/aromatic N) is 4. The van der Waals surface area contributed by atoms with Crippen molar-refractivity contribution in [3.63, 3.8) is 0 Å². The molecule has 2 fully saturated rings. The second-order valence-electron chi connectivity index (χ2n) is 7.26. The summed E-state index contributed by atoms with van der Waals surface area (Å²) in [5, 5.41) is 3.50. The fourth-order valence-corrected chi connectivity index (χ4v) is 4.14. The summed E-state index contributed by atoms with van der Waals surface area (Å²) in [6.45, 7) is 9.08. The lowest BCUT2D eigenvalue weighted by Crippen LogP contribution is -2.40. The van der Waals surface area contributed by atoms with Crippen LogP contribution in [0.15, 0.2) is 18.3 Å². The van der Waals surface area contributed by atoms with E-state index >= 15 is 0 Å². The van der Waals surface area contributed by atoms with Gasteiger partial charge in [-0.3, -0.25) is 0 Å². The maximum absolute atomic E-state index is 5.02. The van der Waals surface area contributed by atoms with E-state index in [1.807, 2.05) is 12.3 Å². The van der Waals surface area contributed by atoms with E-state index in [0.717, 1.165) is 30.8 Å². The third-order valence-corrected chi connectivity index (χ3v) is 5.42. The zero-order chi connectivity index (χ0) is 15.8. The highest BCUT2D eigenvalue weighted by Gasteiger charge is 2.30. The minimum absolute atomic E-state index is 0.499. The van der Waals surface area contributed by atoms with E-state index in [1.165, 1.54) is 31.6 Å². The largest absolute Gasteiger partial charge is 0.315 e. The van der Waals surface area contributed by atoms with Crippen LogP contribution in [0.2, 0.25) is 0 Å². The quantitative estimate of drug-likeness (QED) is 0.946. The van der Waals surface area contributed by atoms with Crippen molar-refractivity contribution in [3.8, 4) is 0 Å². The topological polar surface area (TPSA) is 46.0 Å². The molecule has 124 valence electrons. The average Bonchev–Trinajstić information content (AvgIpc) is 3.21. The number of aromatic nitrogens is 3. The van der Waals surface area contributed by atoms with Crippen LogP contribution in [0, 0.1) is 0 Å². The number of fused-ring (bicyclic) bond motifs is 1. The number of pyridine rings is 1. The van der Waals surface area contributed by atoms with Gasteiger partial charge in [0, 0.05) is 31.2 Å². The molecule has 0 aromatic carbocycles. The zero-order valence-corrected chi connectivity index (χ0v) is 14.2. The molecule has 0 amide bonds. The Kier molecular flexibility index (Phi) is 4.07. The van der Waals surface area contributed by atoms with Crippen molar-refractivity contribution in [1.29, 1.82) is 0 Å². The number of imidazole rings is 1. The summed E-state index contributed by atoms with van der Waals surface area (Å²) in [7, 11) is 0. The molecular formula is C18H27N5. The second kappa shape index (κ2) is 6.21. The third-order valence-electron chi connectivity index (χ3n) is 5.42. The molecule has 4 heterocycles. The van der Waals surface area contributed by atoms with E-state index in [9.17, 15) is 0 Å². The molecule has 0 saturated carbocycles. The summed E-state index contributed by atoms with van der Waals surface area (Å²) in [6, 6.07) is 5.21. The van der Waals surface area contributed by atoms with Crippen molar-refractivity contribution in [2.45, 2.75) is 51.1 Å². The standard InChI is InChI=1S/C18H27N5/c1-13(2)22-10-4-5-14(12-22)17-21-16-6-3-8-20-18(16)23(17)15-7-9-19-11-15/h3,6,8,13-15,19H,4-5,7,9-12H2,1-2H3. The minimum Gasteiger partial charge on any atom is -0.315 e. The van der Waals surface area contributed by atoms with E-state index in [0.29, 0.717) is 18.0 Å². The molecule has 5 heteroatoms. The average molecular weight is 313 g/mol. The highest BCUT2D eigenvalue weighted by Crippen LogP contribution is 2.33. The molecule has 0 spiro atoms. The van der Waals surface area contributed by atoms with Gasteiger partial charge in [-0.25, -0.2) is 9.97 Å². The van der Waals surface area contributed by atoms with Crippen LogP contribution in [-0.2, 0) is 0 Å². The number of nitrogens with one attached hydrogen (secondary N) is 1. The fourth-order valence-electron chi connectivity index (χ4n) is 4.14. The van der Waals surface area contributed by atoms with Crippen molar-refractivity contribution in [2.75, 3.05) is 26.2 Å². The van der Waals surface area contributed by atoms with Gasteiger partial charge in [0.2, 0.25) is 0 Å². The van der Waals surface area contributed by atoms with Crippen molar-refractivity contribution in [1.82, 2.24) is 24.8 Å². The van der Waals surface area contributed by atoms with Gasteiger partial charge in [-0.05, 0) is 58.3 Å². The molecular weight excluding hydrogens is 286 g/mol. The van der Waals surface area contributed by atoms with E-state index in [2.05, 4.69) is 39.7 Å². The van der Waals surface area contributed by atoms with Crippen molar-refractivity contribution >= 4 is 11.2 Å². The van der Waals surface area contributed by atoms with Gasteiger partial charge < -0.3 is 14.8 Å². The van der Waals surface area contributed by atoms with E-state index in [1.54, 1.807) is 0 Å². The van der Waals surface area contributed by atoms with Crippen LogP contribution in [0.1, 0.15) is 50.9 Å². The predicted octanol–water partition coefficient (Wildman–Crippen LogP) is 2.55. The summed E-state index contributed by atoms with van der Waals surface area (Å²) in [5.41, 5.74) is 2.12. The molecule has 4 rings (SSSR count). The van der Waals surface area contributed by atoms with Crippen LogP contribution in [0.4, 0.5) is 0 Å². The van der Waals surface area contributed by atoms with Gasteiger partial charge in [0.05, 0.1) is 6.04 Å². The number of likely N-dealkylation sites (tertiary alicyclic amines) is 1. The number of hydrogen-bond donors (Lipinski definition) is 1. The molecule has 5 nitrogen and oxygen atoms in total. The first-order chi connectivity index (χ1) is 11.2. The summed E-state index contributed by atoms with van der Waals surface area (Å²) in [6.07, 6.45) is 5.58. The summed E-state index contributed by atoms with van der Waals surface area (Å²) in [5.74, 6) is 1.79. The SMILES string of the molecule is CC(C)N1CCCC(c2nc3cccnc3n2C2CCNC2)C1. The Balaban J connectivity index is 1.74. The first-order valence-electron chi connectivity index (χ1n) is 9.01. The van der Waals surface area contributed by atoms with Crippen LogP contribution in [0.25, 0.3) is 11.2 Å². The predicted molar refractivity (Wildman–Crippen MR) is 92.7 cm³/mol. The Morgan fingerprint density at radius 2 is 2.22 bits per heavy atom. The van der Waals surface area contributed by atoms with E-state index in [4.69, 9.17) is 4.98 Å². The third kappa shape index (κ3) is 2.76. The second-order valence-corrected chi connectivity index (χ2v) is 7.26. The molecule has 0 bridgehead atoms. The van der Waals surface area contributed by atoms with Gasteiger partial charge in [0.15, 0.2) is 5.65 Å². The molecule has 2 aliphatic heterocycles. The zero-order valence-electron chi connectivity index (χ0n) is 14.2. The van der Waals surface area contributed by atoms with Crippen LogP contribution in [-0.4, -0.2) is 51.7 Å². The molecule has 0 radical (unpaired) electrons. The minimum atomic E-state index is 0.499. The molecule has 23 heavy (non-hydrogen) atoms. The molecule has 0 aliphatic carbocycles. The van der Waals surface area contributed by atoms with Gasteiger partial charge in [-0.1, -0.05) is 0 Å². The summed E-state index contributed by atoms with van der Waals surface area (Å²) < 4.78 is 2.45. The normalized spacial score (nSPS) is 26.4.